The van der Waals surface area contributed by atoms with Gasteiger partial charge in [0.2, 0.25) is 0 Å². The summed E-state index contributed by atoms with van der Waals surface area (Å²) in [4.78, 5) is 12.0. The predicted octanol–water partition coefficient (Wildman–Crippen LogP) is 4.72. The lowest BCUT2D eigenvalue weighted by Crippen LogP contribution is -2.17. The Morgan fingerprint density at radius 1 is 1.04 bits per heavy atom. The van der Waals surface area contributed by atoms with Crippen molar-refractivity contribution in [3.63, 3.8) is 0 Å². The first-order valence-electron chi connectivity index (χ1n) is 7.20. The Kier molecular flexibility index (Phi) is 5.07. The van der Waals surface area contributed by atoms with E-state index in [1.807, 2.05) is 12.1 Å². The quantitative estimate of drug-likeness (QED) is 0.512. The molecule has 3 rings (SSSR count). The van der Waals surface area contributed by atoms with Crippen molar-refractivity contribution in [1.82, 2.24) is 5.43 Å². The first kappa shape index (κ1) is 17.1. The molecule has 2 N–H and O–H groups in total. The van der Waals surface area contributed by atoms with E-state index in [1.54, 1.807) is 24.3 Å². The molecule has 0 aliphatic heterocycles. The molecule has 1 aromatic heterocycles. The van der Waals surface area contributed by atoms with Gasteiger partial charge >= 0.3 is 0 Å². The van der Waals surface area contributed by atoms with Gasteiger partial charge in [-0.25, -0.2) is 5.43 Å². The fourth-order valence-corrected chi connectivity index (χ4v) is 2.39. The molecule has 0 aliphatic carbocycles. The Labute approximate surface area is 153 Å². The highest BCUT2D eigenvalue weighted by atomic mass is 35.5. The van der Waals surface area contributed by atoms with Gasteiger partial charge in [-0.1, -0.05) is 23.2 Å². The molecule has 0 saturated carbocycles. The second-order valence-electron chi connectivity index (χ2n) is 5.07. The summed E-state index contributed by atoms with van der Waals surface area (Å²) >= 11 is 11.7. The van der Waals surface area contributed by atoms with E-state index in [4.69, 9.17) is 27.6 Å². The summed E-state index contributed by atoms with van der Waals surface area (Å²) in [5.74, 6) is 0.346. The molecule has 0 fully saturated rings. The van der Waals surface area contributed by atoms with Gasteiger partial charge in [-0.05, 0) is 54.6 Å². The Morgan fingerprint density at radius 3 is 2.52 bits per heavy atom. The van der Waals surface area contributed by atoms with E-state index in [0.29, 0.717) is 21.6 Å². The van der Waals surface area contributed by atoms with E-state index in [9.17, 15) is 9.90 Å². The molecule has 7 heteroatoms. The van der Waals surface area contributed by atoms with Crippen LogP contribution >= 0.6 is 23.2 Å². The molecule has 25 heavy (non-hydrogen) atoms. The number of hydrazone groups is 1. The van der Waals surface area contributed by atoms with Crippen molar-refractivity contribution in [3.8, 4) is 17.1 Å². The lowest BCUT2D eigenvalue weighted by Gasteiger charge is -2.02. The first-order valence-corrected chi connectivity index (χ1v) is 7.96. The molecule has 0 saturated heterocycles. The van der Waals surface area contributed by atoms with Crippen molar-refractivity contribution in [1.29, 1.82) is 0 Å². The molecule has 0 atom stereocenters. The van der Waals surface area contributed by atoms with Crippen LogP contribution in [-0.2, 0) is 0 Å². The van der Waals surface area contributed by atoms with Gasteiger partial charge in [0, 0.05) is 15.6 Å². The number of halogens is 2. The van der Waals surface area contributed by atoms with Gasteiger partial charge < -0.3 is 9.52 Å². The second-order valence-corrected chi connectivity index (χ2v) is 5.94. The van der Waals surface area contributed by atoms with Crippen LogP contribution in [0, 0.1) is 0 Å². The van der Waals surface area contributed by atoms with Gasteiger partial charge in [0.15, 0.2) is 0 Å². The molecule has 0 unspecified atom stereocenters. The Balaban J connectivity index is 1.67. The second kappa shape index (κ2) is 7.42. The summed E-state index contributed by atoms with van der Waals surface area (Å²) in [6.45, 7) is 0. The molecule has 0 spiro atoms. The fraction of sp³-hybridized carbons (Fsp3) is 0. The minimum absolute atomic E-state index is 0.0333. The number of carbonyl (C=O) groups is 1. The van der Waals surface area contributed by atoms with Gasteiger partial charge in [0.05, 0.1) is 11.8 Å². The SMILES string of the molecule is O=C(N/N=C/c1ccc(-c2ccc(Cl)cc2)o1)c1cc(Cl)ccc1O. The van der Waals surface area contributed by atoms with Crippen molar-refractivity contribution in [2.45, 2.75) is 0 Å². The zero-order valence-electron chi connectivity index (χ0n) is 12.7. The van der Waals surface area contributed by atoms with Crippen molar-refractivity contribution in [3.05, 3.63) is 76.0 Å². The smallest absolute Gasteiger partial charge is 0.275 e. The van der Waals surface area contributed by atoms with Gasteiger partial charge in [-0.15, -0.1) is 0 Å². The number of furan rings is 1. The summed E-state index contributed by atoms with van der Waals surface area (Å²) in [5.41, 5.74) is 3.21. The lowest BCUT2D eigenvalue weighted by atomic mass is 10.2. The highest BCUT2D eigenvalue weighted by molar-refractivity contribution is 6.31. The number of aromatic hydroxyl groups is 1. The number of phenols is 1. The maximum absolute atomic E-state index is 12.0. The molecule has 5 nitrogen and oxygen atoms in total. The van der Waals surface area contributed by atoms with E-state index in [2.05, 4.69) is 10.5 Å². The first-order chi connectivity index (χ1) is 12.0. The Hall–Kier alpha value is -2.76. The molecule has 1 amide bonds. The average Bonchev–Trinajstić information content (AvgIpc) is 3.06. The lowest BCUT2D eigenvalue weighted by molar-refractivity contribution is 0.0952. The van der Waals surface area contributed by atoms with Crippen LogP contribution in [-0.4, -0.2) is 17.2 Å². The number of amides is 1. The summed E-state index contributed by atoms with van der Waals surface area (Å²) in [6.07, 6.45) is 1.36. The molecule has 2 aromatic carbocycles. The maximum atomic E-state index is 12.0. The number of phenolic OH excluding ortho intramolecular Hbond substituents is 1. The van der Waals surface area contributed by atoms with Crippen LogP contribution in [0.25, 0.3) is 11.3 Å². The Bertz CT molecular complexity index is 934. The average molecular weight is 375 g/mol. The highest BCUT2D eigenvalue weighted by Crippen LogP contribution is 2.23. The number of carbonyl (C=O) groups excluding carboxylic acids is 1. The van der Waals surface area contributed by atoms with Gasteiger partial charge in [0.1, 0.15) is 17.3 Å². The Morgan fingerprint density at radius 2 is 1.76 bits per heavy atom. The van der Waals surface area contributed by atoms with Gasteiger partial charge in [-0.3, -0.25) is 4.79 Å². The van der Waals surface area contributed by atoms with Crippen molar-refractivity contribution < 1.29 is 14.3 Å². The standard InChI is InChI=1S/C18H12Cl2N2O3/c19-12-3-1-11(2-4-12)17-8-6-14(25-17)10-21-22-18(24)15-9-13(20)5-7-16(15)23/h1-10,23H,(H,22,24)/b21-10+. The number of hydrogen-bond donors (Lipinski definition) is 2. The van der Waals surface area contributed by atoms with Crippen LogP contribution in [0.4, 0.5) is 0 Å². The predicted molar refractivity (Wildman–Crippen MR) is 97.3 cm³/mol. The third-order valence-electron chi connectivity index (χ3n) is 3.32. The van der Waals surface area contributed by atoms with Crippen LogP contribution < -0.4 is 5.43 Å². The summed E-state index contributed by atoms with van der Waals surface area (Å²) < 4.78 is 5.63. The molecule has 0 radical (unpaired) electrons. The summed E-state index contributed by atoms with van der Waals surface area (Å²) in [6, 6.07) is 14.9. The van der Waals surface area contributed by atoms with E-state index in [0.717, 1.165) is 5.56 Å². The minimum Gasteiger partial charge on any atom is -0.507 e. The summed E-state index contributed by atoms with van der Waals surface area (Å²) in [5, 5.41) is 14.5. The van der Waals surface area contributed by atoms with E-state index < -0.39 is 5.91 Å². The zero-order valence-corrected chi connectivity index (χ0v) is 14.3. The number of nitrogens with zero attached hydrogens (tertiary/aromatic N) is 1. The molecular formula is C18H12Cl2N2O3. The topological polar surface area (TPSA) is 74.8 Å². The normalized spacial score (nSPS) is 11.0. The fourth-order valence-electron chi connectivity index (χ4n) is 2.10. The van der Waals surface area contributed by atoms with Crippen molar-refractivity contribution >= 4 is 35.3 Å². The molecule has 3 aromatic rings. The van der Waals surface area contributed by atoms with E-state index in [-0.39, 0.29) is 11.3 Å². The van der Waals surface area contributed by atoms with E-state index in [1.165, 1.54) is 24.4 Å². The van der Waals surface area contributed by atoms with Crippen LogP contribution in [0.3, 0.4) is 0 Å². The molecular weight excluding hydrogens is 363 g/mol. The van der Waals surface area contributed by atoms with Gasteiger partial charge in [0.25, 0.3) is 5.91 Å². The number of hydrogen-bond acceptors (Lipinski definition) is 4. The molecule has 0 bridgehead atoms. The molecule has 1 heterocycles. The third kappa shape index (κ3) is 4.21. The third-order valence-corrected chi connectivity index (χ3v) is 3.80. The summed E-state index contributed by atoms with van der Waals surface area (Å²) in [7, 11) is 0. The number of rotatable bonds is 4. The van der Waals surface area contributed by atoms with Crippen LogP contribution in [0.5, 0.6) is 5.75 Å². The minimum atomic E-state index is -0.583. The van der Waals surface area contributed by atoms with Crippen molar-refractivity contribution in [2.24, 2.45) is 5.10 Å². The highest BCUT2D eigenvalue weighted by Gasteiger charge is 2.11. The largest absolute Gasteiger partial charge is 0.507 e. The maximum Gasteiger partial charge on any atom is 0.275 e. The monoisotopic (exact) mass is 374 g/mol. The van der Waals surface area contributed by atoms with Gasteiger partial charge in [-0.2, -0.15) is 5.10 Å². The van der Waals surface area contributed by atoms with Crippen LogP contribution in [0.2, 0.25) is 10.0 Å². The molecule has 0 aliphatic rings. The van der Waals surface area contributed by atoms with Crippen LogP contribution in [0.15, 0.2) is 64.1 Å². The van der Waals surface area contributed by atoms with Crippen LogP contribution in [0.1, 0.15) is 16.1 Å². The number of nitrogens with one attached hydrogen (secondary N) is 1. The number of benzene rings is 2. The zero-order chi connectivity index (χ0) is 17.8. The molecule has 126 valence electrons. The van der Waals surface area contributed by atoms with Crippen molar-refractivity contribution in [2.75, 3.05) is 0 Å². The van der Waals surface area contributed by atoms with E-state index >= 15 is 0 Å².